The molecule has 0 radical (unpaired) electrons. The molecule has 0 atom stereocenters. The van der Waals surface area contributed by atoms with E-state index in [0.29, 0.717) is 17.7 Å². The highest BCUT2D eigenvalue weighted by Gasteiger charge is 2.23. The van der Waals surface area contributed by atoms with Crippen LogP contribution in [-0.2, 0) is 6.54 Å². The first-order valence-electron chi connectivity index (χ1n) is 9.87. The van der Waals surface area contributed by atoms with Crippen molar-refractivity contribution in [2.75, 3.05) is 18.0 Å². The number of para-hydroxylation sites is 1. The minimum absolute atomic E-state index is 0.0565. The molecule has 2 heterocycles. The molecule has 3 aromatic rings. The minimum atomic E-state index is -0.177. The summed E-state index contributed by atoms with van der Waals surface area (Å²) in [5.41, 5.74) is 2.71. The van der Waals surface area contributed by atoms with Gasteiger partial charge < -0.3 is 9.80 Å². The van der Waals surface area contributed by atoms with Crippen LogP contribution in [0.15, 0.2) is 79.1 Å². The number of benzene rings is 2. The molecule has 1 fully saturated rings. The molecule has 1 aliphatic rings. The standard InChI is InChI=1S/C24H23N3O2/c28-23(26-13-7-8-14-26)20-15-21(17-25-16-20)24(29)27(22-11-5-2-6-12-22)18-19-9-3-1-4-10-19/h1-6,9-12,15-17H,7-8,13-14,18H2. The number of hydrogen-bond donors (Lipinski definition) is 0. The molecule has 0 bridgehead atoms. The average molecular weight is 385 g/mol. The molecule has 29 heavy (non-hydrogen) atoms. The predicted octanol–water partition coefficient (Wildman–Crippen LogP) is 4.16. The Morgan fingerprint density at radius 3 is 2.17 bits per heavy atom. The van der Waals surface area contributed by atoms with Crippen molar-refractivity contribution in [1.29, 1.82) is 0 Å². The Balaban J connectivity index is 1.63. The maximum Gasteiger partial charge on any atom is 0.260 e. The van der Waals surface area contributed by atoms with Gasteiger partial charge in [-0.3, -0.25) is 14.6 Å². The van der Waals surface area contributed by atoms with E-state index in [9.17, 15) is 9.59 Å². The zero-order valence-corrected chi connectivity index (χ0v) is 16.2. The average Bonchev–Trinajstić information content (AvgIpc) is 3.33. The van der Waals surface area contributed by atoms with Crippen LogP contribution in [0.25, 0.3) is 0 Å². The summed E-state index contributed by atoms with van der Waals surface area (Å²) in [7, 11) is 0. The van der Waals surface area contributed by atoms with Crippen LogP contribution >= 0.6 is 0 Å². The molecule has 0 N–H and O–H groups in total. The minimum Gasteiger partial charge on any atom is -0.339 e. The smallest absolute Gasteiger partial charge is 0.260 e. The Labute approximate surface area is 170 Å². The first-order valence-corrected chi connectivity index (χ1v) is 9.87. The second-order valence-electron chi connectivity index (χ2n) is 7.17. The van der Waals surface area contributed by atoms with Gasteiger partial charge in [-0.2, -0.15) is 0 Å². The van der Waals surface area contributed by atoms with Gasteiger partial charge in [0.2, 0.25) is 0 Å². The number of rotatable bonds is 5. The normalized spacial score (nSPS) is 13.3. The van der Waals surface area contributed by atoms with Crippen LogP contribution in [0, 0.1) is 0 Å². The van der Waals surface area contributed by atoms with Gasteiger partial charge in [0.1, 0.15) is 0 Å². The zero-order valence-electron chi connectivity index (χ0n) is 16.2. The summed E-state index contributed by atoms with van der Waals surface area (Å²) in [5.74, 6) is -0.234. The van der Waals surface area contributed by atoms with Gasteiger partial charge >= 0.3 is 0 Å². The summed E-state index contributed by atoms with van der Waals surface area (Å²) in [5, 5.41) is 0. The molecular formula is C24H23N3O2. The third-order valence-electron chi connectivity index (χ3n) is 5.12. The highest BCUT2D eigenvalue weighted by molar-refractivity contribution is 6.07. The fourth-order valence-electron chi connectivity index (χ4n) is 3.59. The third-order valence-corrected chi connectivity index (χ3v) is 5.12. The lowest BCUT2D eigenvalue weighted by molar-refractivity contribution is 0.0792. The molecule has 0 aliphatic carbocycles. The highest BCUT2D eigenvalue weighted by Crippen LogP contribution is 2.21. The predicted molar refractivity (Wildman–Crippen MR) is 113 cm³/mol. The Morgan fingerprint density at radius 2 is 1.48 bits per heavy atom. The lowest BCUT2D eigenvalue weighted by Crippen LogP contribution is -2.31. The number of hydrogen-bond acceptors (Lipinski definition) is 3. The van der Waals surface area contributed by atoms with E-state index < -0.39 is 0 Å². The Bertz CT molecular complexity index is 983. The van der Waals surface area contributed by atoms with Gasteiger partial charge in [0.25, 0.3) is 11.8 Å². The van der Waals surface area contributed by atoms with E-state index >= 15 is 0 Å². The summed E-state index contributed by atoms with van der Waals surface area (Å²) in [6.45, 7) is 1.97. The lowest BCUT2D eigenvalue weighted by atomic mass is 10.1. The first-order chi connectivity index (χ1) is 14.2. The fourth-order valence-corrected chi connectivity index (χ4v) is 3.59. The first kappa shape index (κ1) is 18.9. The molecule has 0 unspecified atom stereocenters. The van der Waals surface area contributed by atoms with Crippen LogP contribution in [0.3, 0.4) is 0 Å². The van der Waals surface area contributed by atoms with Crippen molar-refractivity contribution in [3.05, 3.63) is 95.8 Å². The summed E-state index contributed by atoms with van der Waals surface area (Å²) in [6.07, 6.45) is 5.12. The van der Waals surface area contributed by atoms with Gasteiger partial charge in [-0.25, -0.2) is 0 Å². The third kappa shape index (κ3) is 4.35. The highest BCUT2D eigenvalue weighted by atomic mass is 16.2. The van der Waals surface area contributed by atoms with Crippen molar-refractivity contribution < 1.29 is 9.59 Å². The van der Waals surface area contributed by atoms with Crippen LogP contribution in [-0.4, -0.2) is 34.8 Å². The van der Waals surface area contributed by atoms with Crippen molar-refractivity contribution >= 4 is 17.5 Å². The molecule has 146 valence electrons. The quantitative estimate of drug-likeness (QED) is 0.663. The zero-order chi connectivity index (χ0) is 20.1. The number of anilines is 1. The number of amides is 2. The molecule has 0 spiro atoms. The Kier molecular flexibility index (Phi) is 5.66. The number of carbonyl (C=O) groups excluding carboxylic acids is 2. The molecule has 1 aliphatic heterocycles. The van der Waals surface area contributed by atoms with Crippen LogP contribution in [0.5, 0.6) is 0 Å². The second-order valence-corrected chi connectivity index (χ2v) is 7.17. The molecular weight excluding hydrogens is 362 g/mol. The van der Waals surface area contributed by atoms with Crippen LogP contribution < -0.4 is 4.90 Å². The van der Waals surface area contributed by atoms with Crippen molar-refractivity contribution in [3.63, 3.8) is 0 Å². The van der Waals surface area contributed by atoms with Gasteiger partial charge in [0, 0.05) is 31.2 Å². The maximum atomic E-state index is 13.4. The van der Waals surface area contributed by atoms with E-state index in [-0.39, 0.29) is 11.8 Å². The van der Waals surface area contributed by atoms with Gasteiger partial charge in [0.15, 0.2) is 0 Å². The molecule has 2 amide bonds. The van der Waals surface area contributed by atoms with Gasteiger partial charge in [-0.15, -0.1) is 0 Å². The van der Waals surface area contributed by atoms with Gasteiger partial charge in [0.05, 0.1) is 17.7 Å². The Morgan fingerprint density at radius 1 is 0.862 bits per heavy atom. The number of likely N-dealkylation sites (tertiary alicyclic amines) is 1. The topological polar surface area (TPSA) is 53.5 Å². The van der Waals surface area contributed by atoms with E-state index in [2.05, 4.69) is 4.98 Å². The number of nitrogens with zero attached hydrogens (tertiary/aromatic N) is 3. The molecule has 1 saturated heterocycles. The molecule has 1 aromatic heterocycles. The number of pyridine rings is 1. The van der Waals surface area contributed by atoms with Crippen LogP contribution in [0.4, 0.5) is 5.69 Å². The summed E-state index contributed by atoms with van der Waals surface area (Å²) in [6, 6.07) is 21.1. The van der Waals surface area contributed by atoms with Gasteiger partial charge in [-0.1, -0.05) is 48.5 Å². The lowest BCUT2D eigenvalue weighted by Gasteiger charge is -2.23. The molecule has 5 heteroatoms. The van der Waals surface area contributed by atoms with Crippen molar-refractivity contribution in [1.82, 2.24) is 9.88 Å². The summed E-state index contributed by atoms with van der Waals surface area (Å²) in [4.78, 5) is 33.8. The van der Waals surface area contributed by atoms with E-state index in [4.69, 9.17) is 0 Å². The monoisotopic (exact) mass is 385 g/mol. The molecule has 2 aromatic carbocycles. The van der Waals surface area contributed by atoms with Crippen molar-refractivity contribution in [2.45, 2.75) is 19.4 Å². The summed E-state index contributed by atoms with van der Waals surface area (Å²) >= 11 is 0. The van der Waals surface area contributed by atoms with Crippen molar-refractivity contribution in [3.8, 4) is 0 Å². The second kappa shape index (κ2) is 8.69. The molecule has 0 saturated carbocycles. The molecule has 5 nitrogen and oxygen atoms in total. The van der Waals surface area contributed by atoms with Crippen LogP contribution in [0.2, 0.25) is 0 Å². The SMILES string of the molecule is O=C(c1cncc(C(=O)N(Cc2ccccc2)c2ccccc2)c1)N1CCCC1. The van der Waals surface area contributed by atoms with E-state index in [0.717, 1.165) is 37.2 Å². The molecule has 4 rings (SSSR count). The van der Waals surface area contributed by atoms with Crippen molar-refractivity contribution in [2.24, 2.45) is 0 Å². The Hall–Kier alpha value is -3.47. The van der Waals surface area contributed by atoms with Gasteiger partial charge in [-0.05, 0) is 36.6 Å². The van der Waals surface area contributed by atoms with E-state index in [1.54, 1.807) is 17.2 Å². The maximum absolute atomic E-state index is 13.4. The van der Waals surface area contributed by atoms with Crippen LogP contribution in [0.1, 0.15) is 39.1 Å². The number of carbonyl (C=O) groups is 2. The fraction of sp³-hybridized carbons (Fsp3) is 0.208. The van der Waals surface area contributed by atoms with E-state index in [1.807, 2.05) is 65.6 Å². The summed E-state index contributed by atoms with van der Waals surface area (Å²) < 4.78 is 0. The number of aromatic nitrogens is 1. The largest absolute Gasteiger partial charge is 0.339 e. The van der Waals surface area contributed by atoms with E-state index in [1.165, 1.54) is 6.20 Å².